The smallest absolute Gasteiger partial charge is 0.303 e. The molecule has 0 spiro atoms. The number of carboxylic acids is 4. The molecular weight excluding hydrogens is 1050 g/mol. The molecule has 16 bridgehead atoms. The number of allylic oxidation sites excluding steroid dienone is 6. The third-order valence-corrected chi connectivity index (χ3v) is 16.7. The van der Waals surface area contributed by atoms with Gasteiger partial charge in [0.15, 0.2) is 0 Å². The van der Waals surface area contributed by atoms with Gasteiger partial charge in [0.25, 0.3) is 0 Å². The lowest BCUT2D eigenvalue weighted by atomic mass is 10.00. The highest BCUT2D eigenvalue weighted by Crippen LogP contribution is 2.40. The molecule has 10 rings (SSSR count). The van der Waals surface area contributed by atoms with Crippen molar-refractivity contribution in [1.29, 1.82) is 0 Å². The first-order chi connectivity index (χ1) is 39.6. The zero-order valence-corrected chi connectivity index (χ0v) is 47.9. The van der Waals surface area contributed by atoms with Gasteiger partial charge in [-0.05, 0) is 196 Å². The highest BCUT2D eigenvalue weighted by molar-refractivity contribution is 5.99. The summed E-state index contributed by atoms with van der Waals surface area (Å²) in [6.07, 6.45) is 4.14. The molecule has 0 saturated carbocycles. The molecule has 0 amide bonds. The lowest BCUT2D eigenvalue weighted by Gasteiger charge is -2.09. The van der Waals surface area contributed by atoms with Crippen LogP contribution in [0.15, 0.2) is 61.7 Å². The number of aliphatic carboxylic acids is 4. The van der Waals surface area contributed by atoms with Crippen LogP contribution in [0.1, 0.15) is 156 Å². The van der Waals surface area contributed by atoms with Gasteiger partial charge in [0.2, 0.25) is 0 Å². The van der Waals surface area contributed by atoms with Crippen molar-refractivity contribution in [2.45, 2.75) is 107 Å². The van der Waals surface area contributed by atoms with Gasteiger partial charge < -0.3 is 45.1 Å². The number of ether oxygens (including phenoxy) is 1. The predicted octanol–water partition coefficient (Wildman–Crippen LogP) is 13.7. The lowest BCUT2D eigenvalue weighted by Crippen LogP contribution is -2.02. The number of aryl methyl sites for hydroxylation is 6. The van der Waals surface area contributed by atoms with E-state index in [1.807, 2.05) is 104 Å². The van der Waals surface area contributed by atoms with Crippen molar-refractivity contribution in [2.24, 2.45) is 0 Å². The van der Waals surface area contributed by atoms with Crippen molar-refractivity contribution in [3.8, 4) is 0 Å². The summed E-state index contributed by atoms with van der Waals surface area (Å²) >= 11 is 0. The first-order valence-corrected chi connectivity index (χ1v) is 27.6. The molecule has 4 aliphatic rings. The Morgan fingerprint density at radius 3 is 1.02 bits per heavy atom. The van der Waals surface area contributed by atoms with Gasteiger partial charge in [-0.3, -0.25) is 19.2 Å². The number of nitrogens with one attached hydrogen (secondary N) is 4. The van der Waals surface area contributed by atoms with Gasteiger partial charge in [-0.2, -0.15) is 0 Å². The molecule has 6 aromatic heterocycles. The number of hydrogen-bond donors (Lipinski definition) is 8. The van der Waals surface area contributed by atoms with Crippen molar-refractivity contribution in [3.63, 3.8) is 0 Å². The first kappa shape index (κ1) is 56.8. The topological polar surface area (TPSA) is 273 Å². The molecule has 0 unspecified atom stereocenters. The average Bonchev–Trinajstić information content (AvgIpc) is 4.01. The van der Waals surface area contributed by atoms with E-state index in [-0.39, 0.29) is 64.6 Å². The summed E-state index contributed by atoms with van der Waals surface area (Å²) in [6, 6.07) is 15.6. The van der Waals surface area contributed by atoms with E-state index in [0.29, 0.717) is 56.6 Å². The minimum Gasteiger partial charge on any atom is -0.481 e. The first-order valence-electron chi connectivity index (χ1n) is 27.6. The Bertz CT molecular complexity index is 4070. The number of hydrogen-bond acceptors (Lipinski definition) is 9. The number of nitrogens with zero attached hydrogens (tertiary/aromatic N) is 4. The van der Waals surface area contributed by atoms with Crippen LogP contribution in [-0.2, 0) is 36.8 Å². The van der Waals surface area contributed by atoms with E-state index in [4.69, 9.17) is 24.7 Å². The molecule has 4 aliphatic heterocycles. The Morgan fingerprint density at radius 1 is 0.386 bits per heavy atom. The molecule has 6 aromatic rings. The second-order valence-electron chi connectivity index (χ2n) is 21.7. The fraction of sp³-hybridized carbons (Fsp3) is 0.273. The van der Waals surface area contributed by atoms with E-state index in [9.17, 15) is 39.6 Å². The SMILES string of the molecule is C=Cc1c(C)c2cc3[nH]c(cc4nc(cc5nc(cc1[nH]2)C(C)=C5CCC(=O)O)C(C)=C4COCC1=C(C)c2cc4nc(cc5[nH]c(cc6[nH]c(cc1n2)c(CCC(=O)O)c6C)c(C)c5C=C)C(C)=C4CCC(=O)O)c(CCC(=O)O)c3C. The lowest BCUT2D eigenvalue weighted by molar-refractivity contribution is -0.138. The Hall–Kier alpha value is -9.48. The van der Waals surface area contributed by atoms with Crippen molar-refractivity contribution >= 4 is 125 Å². The number of fused-ring (bicyclic) bond motifs is 16. The molecule has 17 nitrogen and oxygen atoms in total. The molecule has 0 saturated heterocycles. The van der Waals surface area contributed by atoms with E-state index in [1.165, 1.54) is 0 Å². The van der Waals surface area contributed by atoms with Gasteiger partial charge in [-0.1, -0.05) is 25.3 Å². The molecule has 0 aromatic carbocycles. The van der Waals surface area contributed by atoms with Gasteiger partial charge in [0, 0.05) is 92.1 Å². The van der Waals surface area contributed by atoms with Crippen LogP contribution < -0.4 is 0 Å². The molecular formula is C66H66N8O9. The molecule has 0 radical (unpaired) electrons. The average molecular weight is 1120 g/mol. The Labute approximate surface area is 478 Å². The quantitative estimate of drug-likeness (QED) is 0.0398. The molecule has 17 heteroatoms. The second kappa shape index (κ2) is 22.8. The standard InChI is InChI=1S/C66H66N8O9/c1-11-39-31(3)47-21-49-33(5)43(15-19-65(79)80)59(69-49)27-61-45(37(9)53(73-61)25-57-41(13-17-63(75)76)35(7)51(71-57)23-55(39)67-47)29-83-30-46-38(10)54-26-58-42(14-18-64(77)78)36(8)52(72-58)24-56-40(12-2)32(4)48(68-56)22-50-34(6)44(16-20-66(81)82)60(70-50)28-62(46)74-54/h11-12,21-28,67-70H,1-2,13-20,29-30H2,3-10H3,(H,75,76)(H,77,78)(H,79,80)(H,81,82). The zero-order chi connectivity index (χ0) is 59.3. The second-order valence-corrected chi connectivity index (χ2v) is 21.7. The maximum absolute atomic E-state index is 12.1. The Morgan fingerprint density at radius 2 is 0.675 bits per heavy atom. The van der Waals surface area contributed by atoms with Crippen LogP contribution in [0.5, 0.6) is 0 Å². The van der Waals surface area contributed by atoms with Crippen molar-refractivity contribution in [3.05, 3.63) is 152 Å². The number of carbonyl (C=O) groups is 4. The number of H-pyrrole nitrogens is 4. The third-order valence-electron chi connectivity index (χ3n) is 16.7. The van der Waals surface area contributed by atoms with Gasteiger partial charge >= 0.3 is 23.9 Å². The van der Waals surface area contributed by atoms with Crippen molar-refractivity contribution in [1.82, 2.24) is 39.9 Å². The van der Waals surface area contributed by atoms with Crippen LogP contribution in [0.4, 0.5) is 0 Å². The van der Waals surface area contributed by atoms with Crippen LogP contribution in [-0.4, -0.2) is 97.4 Å². The Kier molecular flexibility index (Phi) is 15.6. The maximum Gasteiger partial charge on any atom is 0.303 e. The predicted molar refractivity (Wildman–Crippen MR) is 328 cm³/mol. The fourth-order valence-corrected chi connectivity index (χ4v) is 11.7. The monoisotopic (exact) mass is 1110 g/mol. The molecule has 83 heavy (non-hydrogen) atoms. The third kappa shape index (κ3) is 11.1. The number of carboxylic acid groups (broad SMARTS) is 4. The number of aromatic nitrogens is 8. The van der Waals surface area contributed by atoms with Crippen molar-refractivity contribution in [2.75, 3.05) is 13.2 Å². The van der Waals surface area contributed by atoms with E-state index in [1.54, 1.807) is 12.2 Å². The summed E-state index contributed by atoms with van der Waals surface area (Å²) < 4.78 is 6.85. The minimum absolute atomic E-state index is 0.0638. The summed E-state index contributed by atoms with van der Waals surface area (Å²) in [5.41, 5.74) is 24.5. The summed E-state index contributed by atoms with van der Waals surface area (Å²) in [7, 11) is 0. The maximum atomic E-state index is 12.1. The van der Waals surface area contributed by atoms with E-state index >= 15 is 0 Å². The van der Waals surface area contributed by atoms with E-state index in [2.05, 4.69) is 33.1 Å². The van der Waals surface area contributed by atoms with Gasteiger partial charge in [-0.25, -0.2) is 19.9 Å². The zero-order valence-electron chi connectivity index (χ0n) is 47.9. The number of rotatable bonds is 18. The van der Waals surface area contributed by atoms with Crippen LogP contribution in [0.2, 0.25) is 0 Å². The Balaban J connectivity index is 1.15. The van der Waals surface area contributed by atoms with Crippen LogP contribution in [0.3, 0.4) is 0 Å². The van der Waals surface area contributed by atoms with Gasteiger partial charge in [0.05, 0.1) is 58.8 Å². The van der Waals surface area contributed by atoms with Crippen LogP contribution in [0.25, 0.3) is 101 Å². The molecule has 0 atom stereocenters. The van der Waals surface area contributed by atoms with E-state index < -0.39 is 23.9 Å². The largest absolute Gasteiger partial charge is 0.481 e. The molecule has 8 N–H and O–H groups in total. The van der Waals surface area contributed by atoms with E-state index in [0.717, 1.165) is 122 Å². The summed E-state index contributed by atoms with van der Waals surface area (Å²) in [4.78, 5) is 83.5. The van der Waals surface area contributed by atoms with Gasteiger partial charge in [0.1, 0.15) is 0 Å². The highest BCUT2D eigenvalue weighted by Gasteiger charge is 2.26. The number of aromatic amines is 4. The minimum atomic E-state index is -0.933. The fourth-order valence-electron chi connectivity index (χ4n) is 11.7. The van der Waals surface area contributed by atoms with Gasteiger partial charge in [-0.15, -0.1) is 0 Å². The van der Waals surface area contributed by atoms with Crippen LogP contribution in [0, 0.1) is 27.7 Å². The summed E-state index contributed by atoms with van der Waals surface area (Å²) in [6.45, 7) is 24.1. The molecule has 0 aliphatic carbocycles. The van der Waals surface area contributed by atoms with Crippen LogP contribution >= 0.6 is 0 Å². The molecule has 0 fully saturated rings. The summed E-state index contributed by atoms with van der Waals surface area (Å²) in [5.74, 6) is -3.72. The van der Waals surface area contributed by atoms with Crippen molar-refractivity contribution < 1.29 is 44.3 Å². The normalized spacial score (nSPS) is 13.4. The summed E-state index contributed by atoms with van der Waals surface area (Å²) in [5, 5.41) is 39.6. The molecule has 10 heterocycles. The molecule has 424 valence electrons. The highest BCUT2D eigenvalue weighted by atomic mass is 16.5.